The number of carbonyl (C=O) groups is 2. The molecule has 2 rings (SSSR count). The standard InChI is InChI=1S/C22H28N2O6/c1-13(2)23(21(25)26)15-7-9-17(19(11-15)29-5)18-10-8-16(12-20(18)30-6)24(14(3)4)22(27)28/h7-14H,1-6H3,(H,25,26)(H,27,28). The number of ether oxygens (including phenoxy) is 2. The summed E-state index contributed by atoms with van der Waals surface area (Å²) in [5.74, 6) is 0.953. The third-order valence-corrected chi connectivity index (χ3v) is 4.66. The first-order valence-corrected chi connectivity index (χ1v) is 9.53. The Bertz CT molecular complexity index is 850. The van der Waals surface area contributed by atoms with Crippen molar-refractivity contribution in [2.75, 3.05) is 24.0 Å². The second-order valence-electron chi connectivity index (χ2n) is 7.26. The Morgan fingerprint density at radius 1 is 0.733 bits per heavy atom. The average molecular weight is 416 g/mol. The van der Waals surface area contributed by atoms with E-state index in [2.05, 4.69) is 0 Å². The van der Waals surface area contributed by atoms with Gasteiger partial charge in [0.25, 0.3) is 0 Å². The van der Waals surface area contributed by atoms with Crippen LogP contribution in [0, 0.1) is 0 Å². The van der Waals surface area contributed by atoms with E-state index >= 15 is 0 Å². The first-order chi connectivity index (χ1) is 14.1. The summed E-state index contributed by atoms with van der Waals surface area (Å²) in [6.07, 6.45) is -2.10. The molecule has 8 nitrogen and oxygen atoms in total. The summed E-state index contributed by atoms with van der Waals surface area (Å²) >= 11 is 0. The topological polar surface area (TPSA) is 99.5 Å². The maximum atomic E-state index is 11.6. The summed E-state index contributed by atoms with van der Waals surface area (Å²) in [5.41, 5.74) is 2.38. The van der Waals surface area contributed by atoms with Crippen molar-refractivity contribution in [1.82, 2.24) is 0 Å². The maximum Gasteiger partial charge on any atom is 0.412 e. The predicted octanol–water partition coefficient (Wildman–Crippen LogP) is 5.16. The van der Waals surface area contributed by atoms with Crippen molar-refractivity contribution in [3.05, 3.63) is 36.4 Å². The number of anilines is 2. The Morgan fingerprint density at radius 3 is 1.30 bits per heavy atom. The Kier molecular flexibility index (Phi) is 7.15. The zero-order valence-corrected chi connectivity index (χ0v) is 18.0. The van der Waals surface area contributed by atoms with Crippen LogP contribution in [-0.2, 0) is 0 Å². The van der Waals surface area contributed by atoms with Crippen LogP contribution in [-0.4, -0.2) is 48.7 Å². The Balaban J connectivity index is 2.58. The highest BCUT2D eigenvalue weighted by atomic mass is 16.5. The molecule has 0 saturated carbocycles. The van der Waals surface area contributed by atoms with Crippen molar-refractivity contribution in [3.63, 3.8) is 0 Å². The molecular formula is C22H28N2O6. The highest BCUT2D eigenvalue weighted by Crippen LogP contribution is 2.40. The van der Waals surface area contributed by atoms with Crippen molar-refractivity contribution in [2.45, 2.75) is 39.8 Å². The van der Waals surface area contributed by atoms with Gasteiger partial charge in [-0.05, 0) is 52.0 Å². The van der Waals surface area contributed by atoms with Gasteiger partial charge in [-0.2, -0.15) is 0 Å². The SMILES string of the molecule is COc1cc(N(C(=O)O)C(C)C)ccc1-c1ccc(N(C(=O)O)C(C)C)cc1OC. The van der Waals surface area contributed by atoms with E-state index in [1.165, 1.54) is 24.0 Å². The summed E-state index contributed by atoms with van der Waals surface area (Å²) in [7, 11) is 3.02. The molecule has 2 amide bonds. The van der Waals surface area contributed by atoms with Crippen molar-refractivity contribution in [1.29, 1.82) is 0 Å². The van der Waals surface area contributed by atoms with E-state index < -0.39 is 12.2 Å². The molecule has 2 N–H and O–H groups in total. The van der Waals surface area contributed by atoms with E-state index in [1.807, 2.05) is 0 Å². The lowest BCUT2D eigenvalue weighted by Gasteiger charge is -2.26. The van der Waals surface area contributed by atoms with Crippen LogP contribution in [0.3, 0.4) is 0 Å². The number of amides is 2. The van der Waals surface area contributed by atoms with Gasteiger partial charge in [-0.1, -0.05) is 0 Å². The average Bonchev–Trinajstić information content (AvgIpc) is 2.66. The molecule has 0 unspecified atom stereocenters. The minimum absolute atomic E-state index is 0.245. The van der Waals surface area contributed by atoms with Crippen LogP contribution in [0.5, 0.6) is 11.5 Å². The predicted molar refractivity (Wildman–Crippen MR) is 116 cm³/mol. The van der Waals surface area contributed by atoms with Crippen molar-refractivity contribution >= 4 is 23.6 Å². The lowest BCUT2D eigenvalue weighted by molar-refractivity contribution is 0.198. The highest BCUT2D eigenvalue weighted by Gasteiger charge is 2.23. The molecule has 8 heteroatoms. The maximum absolute atomic E-state index is 11.6. The molecule has 0 aliphatic heterocycles. The molecule has 0 aliphatic carbocycles. The molecule has 2 aromatic carbocycles. The zero-order valence-electron chi connectivity index (χ0n) is 18.0. The summed E-state index contributed by atoms with van der Waals surface area (Å²) in [5, 5.41) is 19.0. The van der Waals surface area contributed by atoms with Gasteiger partial charge >= 0.3 is 12.2 Å². The van der Waals surface area contributed by atoms with Crippen molar-refractivity contribution < 1.29 is 29.3 Å². The molecule has 30 heavy (non-hydrogen) atoms. The summed E-state index contributed by atoms with van der Waals surface area (Å²) in [4.78, 5) is 25.7. The quantitative estimate of drug-likeness (QED) is 0.647. The van der Waals surface area contributed by atoms with Gasteiger partial charge in [0.2, 0.25) is 0 Å². The van der Waals surface area contributed by atoms with Gasteiger partial charge in [-0.25, -0.2) is 9.59 Å². The van der Waals surface area contributed by atoms with Gasteiger partial charge in [0, 0.05) is 35.3 Å². The second-order valence-corrected chi connectivity index (χ2v) is 7.26. The number of hydrogen-bond donors (Lipinski definition) is 2. The van der Waals surface area contributed by atoms with E-state index in [4.69, 9.17) is 9.47 Å². The van der Waals surface area contributed by atoms with Gasteiger partial charge < -0.3 is 19.7 Å². The van der Waals surface area contributed by atoms with Crippen LogP contribution in [0.1, 0.15) is 27.7 Å². The molecule has 162 valence electrons. The van der Waals surface area contributed by atoms with Gasteiger partial charge in [0.05, 0.1) is 25.6 Å². The smallest absolute Gasteiger partial charge is 0.412 e. The van der Waals surface area contributed by atoms with E-state index in [1.54, 1.807) is 64.1 Å². The number of methoxy groups -OCH3 is 2. The molecule has 0 bridgehead atoms. The summed E-state index contributed by atoms with van der Waals surface area (Å²) in [6, 6.07) is 9.77. The first-order valence-electron chi connectivity index (χ1n) is 9.53. The molecule has 0 aliphatic rings. The number of benzene rings is 2. The second kappa shape index (κ2) is 9.39. The minimum Gasteiger partial charge on any atom is -0.496 e. The van der Waals surface area contributed by atoms with Crippen LogP contribution in [0.15, 0.2) is 36.4 Å². The number of nitrogens with zero attached hydrogens (tertiary/aromatic N) is 2. The first kappa shape index (κ1) is 22.9. The molecule has 0 spiro atoms. The fraction of sp³-hybridized carbons (Fsp3) is 0.364. The highest BCUT2D eigenvalue weighted by molar-refractivity contribution is 5.90. The largest absolute Gasteiger partial charge is 0.496 e. The number of carboxylic acid groups (broad SMARTS) is 2. The molecule has 0 fully saturated rings. The minimum atomic E-state index is -1.05. The molecule has 0 atom stereocenters. The normalized spacial score (nSPS) is 10.8. The molecular weight excluding hydrogens is 388 g/mol. The Morgan fingerprint density at radius 2 is 1.07 bits per heavy atom. The van der Waals surface area contributed by atoms with Crippen molar-refractivity contribution in [2.24, 2.45) is 0 Å². The monoisotopic (exact) mass is 416 g/mol. The fourth-order valence-corrected chi connectivity index (χ4v) is 3.36. The summed E-state index contributed by atoms with van der Waals surface area (Å²) in [6.45, 7) is 7.16. The molecule has 0 radical (unpaired) electrons. The summed E-state index contributed by atoms with van der Waals surface area (Å²) < 4.78 is 11.0. The Labute approximate surface area is 176 Å². The van der Waals surface area contributed by atoms with Crippen LogP contribution in [0.2, 0.25) is 0 Å². The molecule has 0 aromatic heterocycles. The van der Waals surface area contributed by atoms with Crippen LogP contribution in [0.25, 0.3) is 11.1 Å². The lowest BCUT2D eigenvalue weighted by atomic mass is 10.0. The number of rotatable bonds is 7. The van der Waals surface area contributed by atoms with Gasteiger partial charge in [-0.3, -0.25) is 9.80 Å². The Hall–Kier alpha value is -3.42. The van der Waals surface area contributed by atoms with Gasteiger partial charge in [-0.15, -0.1) is 0 Å². The van der Waals surface area contributed by atoms with E-state index in [-0.39, 0.29) is 12.1 Å². The van der Waals surface area contributed by atoms with E-state index in [0.29, 0.717) is 34.0 Å². The van der Waals surface area contributed by atoms with Crippen LogP contribution in [0.4, 0.5) is 21.0 Å². The molecule has 2 aromatic rings. The van der Waals surface area contributed by atoms with E-state index in [0.717, 1.165) is 0 Å². The molecule has 0 saturated heterocycles. The number of hydrogen-bond acceptors (Lipinski definition) is 4. The van der Waals surface area contributed by atoms with Gasteiger partial charge in [0.1, 0.15) is 11.5 Å². The van der Waals surface area contributed by atoms with Crippen LogP contribution >= 0.6 is 0 Å². The molecule has 0 heterocycles. The van der Waals surface area contributed by atoms with Crippen LogP contribution < -0.4 is 19.3 Å². The lowest BCUT2D eigenvalue weighted by Crippen LogP contribution is -2.35. The fourth-order valence-electron chi connectivity index (χ4n) is 3.36. The van der Waals surface area contributed by atoms with Crippen molar-refractivity contribution in [3.8, 4) is 22.6 Å². The van der Waals surface area contributed by atoms with Gasteiger partial charge in [0.15, 0.2) is 0 Å². The van der Waals surface area contributed by atoms with E-state index in [9.17, 15) is 19.8 Å². The zero-order chi connectivity index (χ0) is 22.6. The third-order valence-electron chi connectivity index (χ3n) is 4.66. The third kappa shape index (κ3) is 4.59.